The molecule has 0 saturated heterocycles. The van der Waals surface area contributed by atoms with Crippen LogP contribution in [-0.4, -0.2) is 11.1 Å². The number of halogens is 4. The van der Waals surface area contributed by atoms with E-state index in [0.717, 1.165) is 18.2 Å². The van der Waals surface area contributed by atoms with Crippen LogP contribution < -0.4 is 5.73 Å². The molecule has 8 heteroatoms. The molecule has 0 aliphatic heterocycles. The van der Waals surface area contributed by atoms with Gasteiger partial charge >= 0.3 is 6.18 Å². The van der Waals surface area contributed by atoms with Gasteiger partial charge in [0.25, 0.3) is 5.69 Å². The average molecular weight is 255 g/mol. The molecule has 1 rings (SSSR count). The molecular weight excluding hydrogens is 249 g/mol. The molecule has 88 valence electrons. The fraction of sp³-hybridized carbons (Fsp3) is 0.250. The highest BCUT2D eigenvalue weighted by molar-refractivity contribution is 6.30. The summed E-state index contributed by atoms with van der Waals surface area (Å²) in [6.45, 7) is 0. The summed E-state index contributed by atoms with van der Waals surface area (Å²) in [6, 6.07) is 0.444. The maximum atomic E-state index is 12.3. The largest absolute Gasteiger partial charge is 0.407 e. The highest BCUT2D eigenvalue weighted by atomic mass is 35.5. The van der Waals surface area contributed by atoms with Gasteiger partial charge in [0.1, 0.15) is 6.04 Å². The maximum Gasteiger partial charge on any atom is 0.407 e. The zero-order valence-corrected chi connectivity index (χ0v) is 8.42. The maximum absolute atomic E-state index is 12.3. The third-order valence-electron chi connectivity index (χ3n) is 1.87. The Morgan fingerprint density at radius 3 is 2.44 bits per heavy atom. The number of benzene rings is 1. The van der Waals surface area contributed by atoms with Crippen LogP contribution in [0.4, 0.5) is 18.9 Å². The molecule has 0 spiro atoms. The predicted molar refractivity (Wildman–Crippen MR) is 51.1 cm³/mol. The van der Waals surface area contributed by atoms with Gasteiger partial charge in [-0.25, -0.2) is 0 Å². The van der Waals surface area contributed by atoms with Crippen molar-refractivity contribution >= 4 is 17.3 Å². The van der Waals surface area contributed by atoms with Crippen LogP contribution in [0.15, 0.2) is 18.2 Å². The first-order valence-corrected chi connectivity index (χ1v) is 4.37. The molecular formula is C8H6ClF3N2O2. The number of rotatable bonds is 2. The second-order valence-electron chi connectivity index (χ2n) is 2.98. The van der Waals surface area contributed by atoms with Crippen molar-refractivity contribution < 1.29 is 18.1 Å². The van der Waals surface area contributed by atoms with E-state index in [9.17, 15) is 23.3 Å². The Labute approximate surface area is 93.0 Å². The Morgan fingerprint density at radius 2 is 2.00 bits per heavy atom. The number of nitrogens with two attached hydrogens (primary N) is 1. The number of nitrogens with zero attached hydrogens (tertiary/aromatic N) is 1. The summed E-state index contributed by atoms with van der Waals surface area (Å²) in [7, 11) is 0. The number of hydrogen-bond donors (Lipinski definition) is 1. The highest BCUT2D eigenvalue weighted by Gasteiger charge is 2.41. The summed E-state index contributed by atoms with van der Waals surface area (Å²) in [5, 5.41) is 10.5. The van der Waals surface area contributed by atoms with Crippen molar-refractivity contribution in [3.63, 3.8) is 0 Å². The monoisotopic (exact) mass is 254 g/mol. The second-order valence-corrected chi connectivity index (χ2v) is 3.42. The molecule has 1 atom stereocenters. The molecule has 0 aliphatic rings. The molecule has 0 bridgehead atoms. The molecule has 0 aliphatic carbocycles. The molecule has 0 amide bonds. The second kappa shape index (κ2) is 4.26. The zero-order valence-electron chi connectivity index (χ0n) is 7.66. The molecule has 0 aromatic heterocycles. The number of nitro benzene ring substituents is 1. The predicted octanol–water partition coefficient (Wildman–Crippen LogP) is 2.81. The third kappa shape index (κ3) is 2.61. The first-order valence-electron chi connectivity index (χ1n) is 3.99. The highest BCUT2D eigenvalue weighted by Crippen LogP contribution is 2.36. The van der Waals surface area contributed by atoms with Gasteiger partial charge in [0.15, 0.2) is 0 Å². The lowest BCUT2D eigenvalue weighted by Gasteiger charge is -2.15. The van der Waals surface area contributed by atoms with Gasteiger partial charge in [-0.2, -0.15) is 13.2 Å². The van der Waals surface area contributed by atoms with E-state index in [1.54, 1.807) is 0 Å². The van der Waals surface area contributed by atoms with E-state index in [2.05, 4.69) is 0 Å². The Balaban J connectivity index is 3.30. The van der Waals surface area contributed by atoms with Crippen molar-refractivity contribution in [2.45, 2.75) is 12.2 Å². The van der Waals surface area contributed by atoms with E-state index in [4.69, 9.17) is 17.3 Å². The Morgan fingerprint density at radius 1 is 1.44 bits per heavy atom. The molecule has 0 radical (unpaired) electrons. The van der Waals surface area contributed by atoms with Gasteiger partial charge in [-0.3, -0.25) is 10.1 Å². The molecule has 2 N–H and O–H groups in total. The van der Waals surface area contributed by atoms with Crippen LogP contribution in [0.25, 0.3) is 0 Å². The van der Waals surface area contributed by atoms with Crippen LogP contribution in [0.2, 0.25) is 5.02 Å². The first-order chi connectivity index (χ1) is 7.23. The smallest absolute Gasteiger partial charge is 0.316 e. The van der Waals surface area contributed by atoms with Gasteiger partial charge in [0.05, 0.1) is 10.5 Å². The van der Waals surface area contributed by atoms with Gasteiger partial charge in [0.2, 0.25) is 0 Å². The lowest BCUT2D eigenvalue weighted by molar-refractivity contribution is -0.386. The standard InChI is InChI=1S/C8H6ClF3N2O2/c9-4-1-2-6(14(15)16)5(3-4)7(13)8(10,11)12/h1-3,7H,13H2/t7-/m1/s1. The minimum atomic E-state index is -4.75. The van der Waals surface area contributed by atoms with Gasteiger partial charge in [-0.05, 0) is 12.1 Å². The van der Waals surface area contributed by atoms with Crippen molar-refractivity contribution in [1.82, 2.24) is 0 Å². The van der Waals surface area contributed by atoms with Crippen LogP contribution in [0, 0.1) is 10.1 Å². The van der Waals surface area contributed by atoms with E-state index in [1.165, 1.54) is 0 Å². The fourth-order valence-electron chi connectivity index (χ4n) is 1.12. The zero-order chi connectivity index (χ0) is 12.5. The number of hydrogen-bond acceptors (Lipinski definition) is 3. The van der Waals surface area contributed by atoms with Crippen LogP contribution in [0.1, 0.15) is 11.6 Å². The lowest BCUT2D eigenvalue weighted by atomic mass is 10.1. The molecule has 0 heterocycles. The summed E-state index contributed by atoms with van der Waals surface area (Å²) in [5.74, 6) is 0. The fourth-order valence-corrected chi connectivity index (χ4v) is 1.30. The lowest BCUT2D eigenvalue weighted by Crippen LogP contribution is -2.29. The molecule has 16 heavy (non-hydrogen) atoms. The SMILES string of the molecule is N[C@H](c1cc(Cl)ccc1[N+](=O)[O-])C(F)(F)F. The Bertz CT molecular complexity index is 422. The molecule has 4 nitrogen and oxygen atoms in total. The Kier molecular flexibility index (Phi) is 3.39. The van der Waals surface area contributed by atoms with Gasteiger partial charge in [0, 0.05) is 11.1 Å². The summed E-state index contributed by atoms with van der Waals surface area (Å²) in [4.78, 5) is 9.57. The van der Waals surface area contributed by atoms with Gasteiger partial charge < -0.3 is 5.73 Å². The molecule has 0 fully saturated rings. The molecule has 0 saturated carbocycles. The average Bonchev–Trinajstić information content (AvgIpc) is 2.14. The van der Waals surface area contributed by atoms with Crippen molar-refractivity contribution in [1.29, 1.82) is 0 Å². The summed E-state index contributed by atoms with van der Waals surface area (Å²) in [5.41, 5.74) is 3.54. The minimum absolute atomic E-state index is 0.0414. The van der Waals surface area contributed by atoms with Crippen LogP contribution in [0.5, 0.6) is 0 Å². The molecule has 1 aromatic rings. The quantitative estimate of drug-likeness (QED) is 0.652. The molecule has 0 unspecified atom stereocenters. The van der Waals surface area contributed by atoms with E-state index >= 15 is 0 Å². The van der Waals surface area contributed by atoms with E-state index in [0.29, 0.717) is 0 Å². The summed E-state index contributed by atoms with van der Waals surface area (Å²) >= 11 is 5.47. The van der Waals surface area contributed by atoms with Gasteiger partial charge in [-0.1, -0.05) is 11.6 Å². The van der Waals surface area contributed by atoms with Crippen molar-refractivity contribution in [2.75, 3.05) is 0 Å². The van der Waals surface area contributed by atoms with Crippen LogP contribution in [0.3, 0.4) is 0 Å². The first kappa shape index (κ1) is 12.7. The van der Waals surface area contributed by atoms with E-state index in [-0.39, 0.29) is 5.02 Å². The van der Waals surface area contributed by atoms with E-state index in [1.807, 2.05) is 0 Å². The van der Waals surface area contributed by atoms with Crippen molar-refractivity contribution in [2.24, 2.45) is 5.73 Å². The van der Waals surface area contributed by atoms with E-state index < -0.39 is 28.4 Å². The van der Waals surface area contributed by atoms with Crippen molar-refractivity contribution in [3.8, 4) is 0 Å². The molecule has 1 aromatic carbocycles. The van der Waals surface area contributed by atoms with Gasteiger partial charge in [-0.15, -0.1) is 0 Å². The normalized spacial score (nSPS) is 13.6. The Hall–Kier alpha value is -1.34. The number of alkyl halides is 3. The topological polar surface area (TPSA) is 69.2 Å². The third-order valence-corrected chi connectivity index (χ3v) is 2.11. The van der Waals surface area contributed by atoms with Crippen LogP contribution >= 0.6 is 11.6 Å². The summed E-state index contributed by atoms with van der Waals surface area (Å²) < 4.78 is 37.0. The number of nitro groups is 1. The van der Waals surface area contributed by atoms with Crippen molar-refractivity contribution in [3.05, 3.63) is 38.9 Å². The summed E-state index contributed by atoms with van der Waals surface area (Å²) in [6.07, 6.45) is -4.75. The minimum Gasteiger partial charge on any atom is -0.316 e. The van der Waals surface area contributed by atoms with Crippen LogP contribution in [-0.2, 0) is 0 Å².